The molecule has 3 nitrogen and oxygen atoms in total. The highest BCUT2D eigenvalue weighted by Crippen LogP contribution is 2.25. The SMILES string of the molecule is COc1ccccc1CNCc1ccc(-c2ccccc2F)o1. The van der Waals surface area contributed by atoms with E-state index in [9.17, 15) is 4.39 Å². The number of furan rings is 1. The van der Waals surface area contributed by atoms with Gasteiger partial charge in [0, 0.05) is 12.1 Å². The van der Waals surface area contributed by atoms with Gasteiger partial charge in [-0.25, -0.2) is 4.39 Å². The third-order valence-corrected chi connectivity index (χ3v) is 3.61. The Bertz CT molecular complexity index is 782. The molecule has 118 valence electrons. The van der Waals surface area contributed by atoms with Crippen LogP contribution in [0, 0.1) is 5.82 Å². The highest BCUT2D eigenvalue weighted by molar-refractivity contribution is 5.58. The van der Waals surface area contributed by atoms with E-state index in [1.54, 1.807) is 31.4 Å². The van der Waals surface area contributed by atoms with Crippen LogP contribution in [0.4, 0.5) is 4.39 Å². The summed E-state index contributed by atoms with van der Waals surface area (Å²) in [5.74, 6) is 1.87. The molecule has 3 aromatic rings. The van der Waals surface area contributed by atoms with Crippen molar-refractivity contribution in [2.75, 3.05) is 7.11 Å². The summed E-state index contributed by atoms with van der Waals surface area (Å²) in [7, 11) is 1.66. The van der Waals surface area contributed by atoms with Crippen LogP contribution in [-0.4, -0.2) is 7.11 Å². The Kier molecular flexibility index (Phi) is 4.74. The summed E-state index contributed by atoms with van der Waals surface area (Å²) in [6, 6.07) is 18.1. The molecule has 23 heavy (non-hydrogen) atoms. The fourth-order valence-electron chi connectivity index (χ4n) is 2.45. The van der Waals surface area contributed by atoms with Crippen molar-refractivity contribution in [1.82, 2.24) is 5.32 Å². The summed E-state index contributed by atoms with van der Waals surface area (Å²) in [4.78, 5) is 0. The topological polar surface area (TPSA) is 34.4 Å². The van der Waals surface area contributed by atoms with Gasteiger partial charge in [-0.3, -0.25) is 0 Å². The van der Waals surface area contributed by atoms with E-state index >= 15 is 0 Å². The lowest BCUT2D eigenvalue weighted by Crippen LogP contribution is -2.12. The lowest BCUT2D eigenvalue weighted by molar-refractivity contribution is 0.406. The maximum absolute atomic E-state index is 13.8. The first-order chi connectivity index (χ1) is 11.3. The van der Waals surface area contributed by atoms with Gasteiger partial charge < -0.3 is 14.5 Å². The molecule has 0 aliphatic carbocycles. The quantitative estimate of drug-likeness (QED) is 0.733. The van der Waals surface area contributed by atoms with Crippen LogP contribution in [0.15, 0.2) is 65.1 Å². The normalized spacial score (nSPS) is 10.7. The van der Waals surface area contributed by atoms with Crippen LogP contribution in [0.2, 0.25) is 0 Å². The zero-order valence-electron chi connectivity index (χ0n) is 12.9. The number of halogens is 1. The largest absolute Gasteiger partial charge is 0.496 e. The van der Waals surface area contributed by atoms with Crippen molar-refractivity contribution < 1.29 is 13.5 Å². The second-order valence-corrected chi connectivity index (χ2v) is 5.16. The molecule has 0 aliphatic heterocycles. The molecule has 0 atom stereocenters. The molecule has 0 saturated carbocycles. The molecule has 0 spiro atoms. The van der Waals surface area contributed by atoms with Crippen LogP contribution < -0.4 is 10.1 Å². The summed E-state index contributed by atoms with van der Waals surface area (Å²) in [5, 5.41) is 3.30. The third kappa shape index (κ3) is 3.60. The summed E-state index contributed by atoms with van der Waals surface area (Å²) >= 11 is 0. The number of nitrogens with one attached hydrogen (secondary N) is 1. The Morgan fingerprint density at radius 1 is 0.957 bits per heavy atom. The highest BCUT2D eigenvalue weighted by atomic mass is 19.1. The zero-order chi connectivity index (χ0) is 16.1. The van der Waals surface area contributed by atoms with Crippen molar-refractivity contribution in [3.8, 4) is 17.1 Å². The van der Waals surface area contributed by atoms with Crippen LogP contribution in [0.5, 0.6) is 5.75 Å². The Balaban J connectivity index is 1.63. The van der Waals surface area contributed by atoms with Crippen LogP contribution in [0.1, 0.15) is 11.3 Å². The Labute approximate surface area is 134 Å². The van der Waals surface area contributed by atoms with E-state index in [2.05, 4.69) is 5.32 Å². The van der Waals surface area contributed by atoms with Gasteiger partial charge in [-0.2, -0.15) is 0 Å². The second-order valence-electron chi connectivity index (χ2n) is 5.16. The van der Waals surface area contributed by atoms with E-state index in [0.29, 0.717) is 24.4 Å². The molecule has 0 aliphatic rings. The van der Waals surface area contributed by atoms with Crippen LogP contribution >= 0.6 is 0 Å². The van der Waals surface area contributed by atoms with E-state index in [0.717, 1.165) is 17.1 Å². The molecule has 4 heteroatoms. The number of methoxy groups -OCH3 is 1. The van der Waals surface area contributed by atoms with Gasteiger partial charge in [0.1, 0.15) is 23.1 Å². The first-order valence-corrected chi connectivity index (χ1v) is 7.44. The smallest absolute Gasteiger partial charge is 0.137 e. The van der Waals surface area contributed by atoms with E-state index in [-0.39, 0.29) is 5.82 Å². The molecule has 2 aromatic carbocycles. The van der Waals surface area contributed by atoms with Gasteiger partial charge in [0.2, 0.25) is 0 Å². The van der Waals surface area contributed by atoms with Gasteiger partial charge in [0.05, 0.1) is 19.2 Å². The Hall–Kier alpha value is -2.59. The van der Waals surface area contributed by atoms with E-state index < -0.39 is 0 Å². The van der Waals surface area contributed by atoms with Gasteiger partial charge in [0.25, 0.3) is 0 Å². The average molecular weight is 311 g/mol. The number of hydrogen-bond acceptors (Lipinski definition) is 3. The van der Waals surface area contributed by atoms with Gasteiger partial charge >= 0.3 is 0 Å². The number of para-hydroxylation sites is 1. The van der Waals surface area contributed by atoms with Crippen molar-refractivity contribution in [1.29, 1.82) is 0 Å². The van der Waals surface area contributed by atoms with Crippen molar-refractivity contribution in [2.45, 2.75) is 13.1 Å². The highest BCUT2D eigenvalue weighted by Gasteiger charge is 2.09. The molecular formula is C19H18FNO2. The van der Waals surface area contributed by atoms with E-state index in [4.69, 9.17) is 9.15 Å². The average Bonchev–Trinajstić information content (AvgIpc) is 3.04. The van der Waals surface area contributed by atoms with Gasteiger partial charge in [-0.05, 0) is 30.3 Å². The van der Waals surface area contributed by atoms with E-state index in [1.165, 1.54) is 6.07 Å². The van der Waals surface area contributed by atoms with Crippen LogP contribution in [0.3, 0.4) is 0 Å². The summed E-state index contributed by atoms with van der Waals surface area (Å²) in [6.45, 7) is 1.23. The number of benzene rings is 2. The molecular weight excluding hydrogens is 293 g/mol. The Morgan fingerprint density at radius 2 is 1.74 bits per heavy atom. The predicted molar refractivity (Wildman–Crippen MR) is 87.6 cm³/mol. The standard InChI is InChI=1S/C19H18FNO2/c1-22-18-9-5-2-6-14(18)12-21-13-15-10-11-19(23-15)16-7-3-4-8-17(16)20/h2-11,21H,12-13H2,1H3. The van der Waals surface area contributed by atoms with Crippen molar-refractivity contribution in [3.63, 3.8) is 0 Å². The minimum atomic E-state index is -0.282. The maximum atomic E-state index is 13.8. The molecule has 0 bridgehead atoms. The number of ether oxygens (including phenoxy) is 1. The molecule has 0 amide bonds. The zero-order valence-corrected chi connectivity index (χ0v) is 12.9. The second kappa shape index (κ2) is 7.11. The summed E-state index contributed by atoms with van der Waals surface area (Å²) < 4.78 is 24.8. The van der Waals surface area contributed by atoms with Crippen molar-refractivity contribution in [2.24, 2.45) is 0 Å². The van der Waals surface area contributed by atoms with Crippen molar-refractivity contribution >= 4 is 0 Å². The van der Waals surface area contributed by atoms with E-state index in [1.807, 2.05) is 30.3 Å². The van der Waals surface area contributed by atoms with Crippen molar-refractivity contribution in [3.05, 3.63) is 77.8 Å². The minimum Gasteiger partial charge on any atom is -0.496 e. The third-order valence-electron chi connectivity index (χ3n) is 3.61. The van der Waals surface area contributed by atoms with Gasteiger partial charge in [-0.1, -0.05) is 30.3 Å². The van der Waals surface area contributed by atoms with Gasteiger partial charge in [-0.15, -0.1) is 0 Å². The lowest BCUT2D eigenvalue weighted by atomic mass is 10.1. The molecule has 0 unspecified atom stereocenters. The fraction of sp³-hybridized carbons (Fsp3) is 0.158. The number of rotatable bonds is 6. The molecule has 1 N–H and O–H groups in total. The lowest BCUT2D eigenvalue weighted by Gasteiger charge is -2.08. The number of hydrogen-bond donors (Lipinski definition) is 1. The summed E-state index contributed by atoms with van der Waals surface area (Å²) in [5.41, 5.74) is 1.55. The fourth-order valence-corrected chi connectivity index (χ4v) is 2.45. The molecule has 1 aromatic heterocycles. The predicted octanol–water partition coefficient (Wildman–Crippen LogP) is 4.38. The van der Waals surface area contributed by atoms with Crippen LogP contribution in [0.25, 0.3) is 11.3 Å². The molecule has 0 fully saturated rings. The first-order valence-electron chi connectivity index (χ1n) is 7.44. The minimum absolute atomic E-state index is 0.282. The monoisotopic (exact) mass is 311 g/mol. The molecule has 3 rings (SSSR count). The van der Waals surface area contributed by atoms with Crippen LogP contribution in [-0.2, 0) is 13.1 Å². The molecule has 0 radical (unpaired) electrons. The molecule has 0 saturated heterocycles. The maximum Gasteiger partial charge on any atom is 0.137 e. The molecule has 1 heterocycles. The Morgan fingerprint density at radius 3 is 2.57 bits per heavy atom. The van der Waals surface area contributed by atoms with Gasteiger partial charge in [0.15, 0.2) is 0 Å². The summed E-state index contributed by atoms with van der Waals surface area (Å²) in [6.07, 6.45) is 0. The first kappa shape index (κ1) is 15.3.